The van der Waals surface area contributed by atoms with Crippen LogP contribution in [0.5, 0.6) is 5.75 Å². The number of benzene rings is 2. The van der Waals surface area contributed by atoms with Crippen LogP contribution in [0.3, 0.4) is 0 Å². The minimum atomic E-state index is -0.0856. The zero-order valence-electron chi connectivity index (χ0n) is 14.4. The molecule has 130 valence electrons. The van der Waals surface area contributed by atoms with Gasteiger partial charge in [-0.05, 0) is 42.2 Å². The van der Waals surface area contributed by atoms with E-state index in [1.807, 2.05) is 60.7 Å². The fourth-order valence-electron chi connectivity index (χ4n) is 2.87. The van der Waals surface area contributed by atoms with Gasteiger partial charge in [0.2, 0.25) is 0 Å². The Kier molecular flexibility index (Phi) is 5.86. The smallest absolute Gasteiger partial charge is 0.252 e. The quantitative estimate of drug-likeness (QED) is 0.648. The van der Waals surface area contributed by atoms with Crippen molar-refractivity contribution in [1.29, 1.82) is 0 Å². The van der Waals surface area contributed by atoms with Crippen molar-refractivity contribution >= 4 is 17.6 Å². The molecule has 1 unspecified atom stereocenters. The second kappa shape index (κ2) is 8.49. The Morgan fingerprint density at radius 1 is 1.20 bits per heavy atom. The van der Waals surface area contributed by atoms with E-state index in [9.17, 15) is 4.79 Å². The Morgan fingerprint density at radius 3 is 2.60 bits per heavy atom. The van der Waals surface area contributed by atoms with Gasteiger partial charge in [-0.15, -0.1) is 0 Å². The van der Waals surface area contributed by atoms with Crippen LogP contribution in [0.4, 0.5) is 0 Å². The Balaban J connectivity index is 1.81. The number of ether oxygens (including phenoxy) is 2. The topological polar surface area (TPSA) is 47.6 Å². The van der Waals surface area contributed by atoms with E-state index < -0.39 is 0 Å². The lowest BCUT2D eigenvalue weighted by Crippen LogP contribution is -2.32. The molecule has 0 spiro atoms. The minimum Gasteiger partial charge on any atom is -0.497 e. The first kappa shape index (κ1) is 17.2. The minimum absolute atomic E-state index is 0.0856. The molecule has 1 aliphatic heterocycles. The van der Waals surface area contributed by atoms with Crippen LogP contribution in [0.15, 0.2) is 54.6 Å². The van der Waals surface area contributed by atoms with Crippen LogP contribution in [0.1, 0.15) is 24.0 Å². The van der Waals surface area contributed by atoms with Gasteiger partial charge in [-0.25, -0.2) is 0 Å². The van der Waals surface area contributed by atoms with Gasteiger partial charge in [0.1, 0.15) is 5.75 Å². The van der Waals surface area contributed by atoms with Gasteiger partial charge in [0.05, 0.1) is 13.2 Å². The van der Waals surface area contributed by atoms with Gasteiger partial charge in [-0.1, -0.05) is 42.5 Å². The summed E-state index contributed by atoms with van der Waals surface area (Å²) in [6.45, 7) is 1.33. The predicted octanol–water partition coefficient (Wildman–Crippen LogP) is 3.53. The molecular formula is C21H23NO3. The standard InChI is InChI=1S/C21H23NO3/c1-24-18-11-9-16(10-12-18)14-20(17-6-3-2-4-7-17)21(23)22-15-19-8-5-13-25-19/h2-4,6-7,9-12,14,19H,5,8,13,15H2,1H3,(H,22,23)/b20-14+. The molecule has 2 aromatic rings. The Labute approximate surface area is 148 Å². The van der Waals surface area contributed by atoms with Crippen molar-refractivity contribution in [3.05, 3.63) is 65.7 Å². The Morgan fingerprint density at radius 2 is 1.96 bits per heavy atom. The van der Waals surface area contributed by atoms with Crippen molar-refractivity contribution in [1.82, 2.24) is 5.32 Å². The highest BCUT2D eigenvalue weighted by Gasteiger charge is 2.18. The molecular weight excluding hydrogens is 314 g/mol. The third-order valence-corrected chi connectivity index (χ3v) is 4.27. The maximum absolute atomic E-state index is 12.8. The number of nitrogens with one attached hydrogen (secondary N) is 1. The molecule has 0 aromatic heterocycles. The average molecular weight is 337 g/mol. The van der Waals surface area contributed by atoms with Crippen molar-refractivity contribution in [2.75, 3.05) is 20.3 Å². The third-order valence-electron chi connectivity index (χ3n) is 4.27. The van der Waals surface area contributed by atoms with Gasteiger partial charge >= 0.3 is 0 Å². The summed E-state index contributed by atoms with van der Waals surface area (Å²) in [6, 6.07) is 17.4. The lowest BCUT2D eigenvalue weighted by molar-refractivity contribution is -0.116. The molecule has 1 fully saturated rings. The highest BCUT2D eigenvalue weighted by atomic mass is 16.5. The lowest BCUT2D eigenvalue weighted by Gasteiger charge is -2.13. The number of methoxy groups -OCH3 is 1. The van der Waals surface area contributed by atoms with Crippen molar-refractivity contribution in [2.24, 2.45) is 0 Å². The van der Waals surface area contributed by atoms with Crippen LogP contribution < -0.4 is 10.1 Å². The summed E-state index contributed by atoms with van der Waals surface area (Å²) in [5.41, 5.74) is 2.49. The molecule has 1 N–H and O–H groups in total. The van der Waals surface area contributed by atoms with Gasteiger partial charge in [0.25, 0.3) is 5.91 Å². The highest BCUT2D eigenvalue weighted by molar-refractivity contribution is 6.24. The maximum Gasteiger partial charge on any atom is 0.252 e. The number of carbonyl (C=O) groups excluding carboxylic acids is 1. The molecule has 3 rings (SSSR count). The molecule has 0 bridgehead atoms. The number of hydrogen-bond acceptors (Lipinski definition) is 3. The molecule has 1 atom stereocenters. The monoisotopic (exact) mass is 337 g/mol. The second-order valence-electron chi connectivity index (χ2n) is 6.04. The van der Waals surface area contributed by atoms with Crippen LogP contribution >= 0.6 is 0 Å². The number of hydrogen-bond donors (Lipinski definition) is 1. The van der Waals surface area contributed by atoms with Gasteiger partial charge in [0.15, 0.2) is 0 Å². The summed E-state index contributed by atoms with van der Waals surface area (Å²) in [5, 5.41) is 3.01. The normalized spacial score (nSPS) is 17.3. The van der Waals surface area contributed by atoms with Crippen molar-refractivity contribution in [3.63, 3.8) is 0 Å². The first-order valence-corrected chi connectivity index (χ1v) is 8.57. The summed E-state index contributed by atoms with van der Waals surface area (Å²) >= 11 is 0. The summed E-state index contributed by atoms with van der Waals surface area (Å²) in [4.78, 5) is 12.8. The van der Waals surface area contributed by atoms with Crippen LogP contribution in [0.25, 0.3) is 11.6 Å². The molecule has 0 saturated carbocycles. The molecule has 4 heteroatoms. The molecule has 1 amide bonds. The van der Waals surface area contributed by atoms with Crippen LogP contribution in [-0.4, -0.2) is 32.3 Å². The van der Waals surface area contributed by atoms with Gasteiger partial charge < -0.3 is 14.8 Å². The first-order chi connectivity index (χ1) is 12.3. The zero-order chi connectivity index (χ0) is 17.5. The van der Waals surface area contributed by atoms with Gasteiger partial charge in [-0.2, -0.15) is 0 Å². The second-order valence-corrected chi connectivity index (χ2v) is 6.04. The molecule has 1 saturated heterocycles. The number of carbonyl (C=O) groups is 1. The van der Waals surface area contributed by atoms with Crippen molar-refractivity contribution < 1.29 is 14.3 Å². The Bertz CT molecular complexity index is 717. The summed E-state index contributed by atoms with van der Waals surface area (Å²) in [7, 11) is 1.64. The fourth-order valence-corrected chi connectivity index (χ4v) is 2.87. The molecule has 2 aromatic carbocycles. The van der Waals surface area contributed by atoms with E-state index in [0.717, 1.165) is 36.3 Å². The van der Waals surface area contributed by atoms with Gasteiger partial charge in [0, 0.05) is 18.7 Å². The first-order valence-electron chi connectivity index (χ1n) is 8.57. The molecule has 1 aliphatic rings. The summed E-state index contributed by atoms with van der Waals surface area (Å²) < 4.78 is 10.8. The van der Waals surface area contributed by atoms with E-state index >= 15 is 0 Å². The fraction of sp³-hybridized carbons (Fsp3) is 0.286. The molecule has 0 radical (unpaired) electrons. The highest BCUT2D eigenvalue weighted by Crippen LogP contribution is 2.21. The largest absolute Gasteiger partial charge is 0.497 e. The number of rotatable bonds is 6. The number of amides is 1. The van der Waals surface area contributed by atoms with E-state index in [4.69, 9.17) is 9.47 Å². The van der Waals surface area contributed by atoms with E-state index in [1.165, 1.54) is 0 Å². The van der Waals surface area contributed by atoms with E-state index in [1.54, 1.807) is 7.11 Å². The van der Waals surface area contributed by atoms with Crippen LogP contribution in [0.2, 0.25) is 0 Å². The SMILES string of the molecule is COc1ccc(/C=C(/C(=O)NCC2CCCO2)c2ccccc2)cc1. The summed E-state index contributed by atoms with van der Waals surface area (Å²) in [6.07, 6.45) is 4.10. The predicted molar refractivity (Wildman–Crippen MR) is 99.3 cm³/mol. The van der Waals surface area contributed by atoms with Crippen LogP contribution in [-0.2, 0) is 9.53 Å². The summed E-state index contributed by atoms with van der Waals surface area (Å²) in [5.74, 6) is 0.707. The zero-order valence-corrected chi connectivity index (χ0v) is 14.4. The van der Waals surface area contributed by atoms with Crippen molar-refractivity contribution in [3.8, 4) is 5.75 Å². The molecule has 25 heavy (non-hydrogen) atoms. The molecule has 1 heterocycles. The lowest BCUT2D eigenvalue weighted by atomic mass is 10.0. The van der Waals surface area contributed by atoms with Crippen molar-refractivity contribution in [2.45, 2.75) is 18.9 Å². The van der Waals surface area contributed by atoms with E-state index in [2.05, 4.69) is 5.32 Å². The van der Waals surface area contributed by atoms with E-state index in [0.29, 0.717) is 12.1 Å². The van der Waals surface area contributed by atoms with E-state index in [-0.39, 0.29) is 12.0 Å². The molecule has 4 nitrogen and oxygen atoms in total. The molecule has 0 aliphatic carbocycles. The van der Waals surface area contributed by atoms with Gasteiger partial charge in [-0.3, -0.25) is 4.79 Å². The third kappa shape index (κ3) is 4.70. The Hall–Kier alpha value is -2.59. The maximum atomic E-state index is 12.8. The van der Waals surface area contributed by atoms with Crippen LogP contribution in [0, 0.1) is 0 Å². The average Bonchev–Trinajstić information content (AvgIpc) is 3.19.